The van der Waals surface area contributed by atoms with Crippen LogP contribution >= 0.6 is 0 Å². The maximum absolute atomic E-state index is 12.8. The first-order valence-electron chi connectivity index (χ1n) is 7.35. The zero-order chi connectivity index (χ0) is 16.0. The molecule has 122 valence electrons. The highest BCUT2D eigenvalue weighted by Crippen LogP contribution is 2.32. The molecule has 3 nitrogen and oxygen atoms in total. The quantitative estimate of drug-likeness (QED) is 0.772. The van der Waals surface area contributed by atoms with Gasteiger partial charge in [0, 0.05) is 25.2 Å². The standard InChI is InChI=1S/C16H19F3O3/c17-16(18,19)14-4-2-1-3-13(14)11-22-15(20)6-5-12-7-9-21-10-8-12/h1-4,12H,5-11H2. The molecule has 1 fully saturated rings. The number of carbonyl (C=O) groups is 1. The van der Waals surface area contributed by atoms with E-state index < -0.39 is 17.7 Å². The molecule has 1 aliphatic heterocycles. The Morgan fingerprint density at radius 3 is 2.59 bits per heavy atom. The molecule has 1 aromatic carbocycles. The topological polar surface area (TPSA) is 35.5 Å². The second-order valence-electron chi connectivity index (χ2n) is 5.41. The predicted molar refractivity (Wildman–Crippen MR) is 74.0 cm³/mol. The number of halogens is 3. The Kier molecular flexibility index (Phi) is 5.83. The number of ether oxygens (including phenoxy) is 2. The van der Waals surface area contributed by atoms with Gasteiger partial charge in [-0.15, -0.1) is 0 Å². The Hall–Kier alpha value is -1.56. The fourth-order valence-corrected chi connectivity index (χ4v) is 2.51. The molecule has 0 radical (unpaired) electrons. The Balaban J connectivity index is 1.81. The van der Waals surface area contributed by atoms with Gasteiger partial charge in [0.15, 0.2) is 0 Å². The molecule has 22 heavy (non-hydrogen) atoms. The van der Waals surface area contributed by atoms with Crippen molar-refractivity contribution < 1.29 is 27.4 Å². The van der Waals surface area contributed by atoms with Gasteiger partial charge < -0.3 is 9.47 Å². The van der Waals surface area contributed by atoms with E-state index in [4.69, 9.17) is 9.47 Å². The molecule has 0 amide bonds. The fourth-order valence-electron chi connectivity index (χ4n) is 2.51. The van der Waals surface area contributed by atoms with Crippen molar-refractivity contribution >= 4 is 5.97 Å². The monoisotopic (exact) mass is 316 g/mol. The Morgan fingerprint density at radius 1 is 1.23 bits per heavy atom. The number of carbonyl (C=O) groups excluding carboxylic acids is 1. The first-order chi connectivity index (χ1) is 10.5. The molecule has 6 heteroatoms. The molecule has 0 atom stereocenters. The molecule has 2 rings (SSSR count). The summed E-state index contributed by atoms with van der Waals surface area (Å²) in [6, 6.07) is 5.14. The summed E-state index contributed by atoms with van der Waals surface area (Å²) < 4.78 is 48.7. The molecular weight excluding hydrogens is 297 g/mol. The molecule has 0 aliphatic carbocycles. The zero-order valence-corrected chi connectivity index (χ0v) is 12.2. The molecule has 1 aliphatic rings. The smallest absolute Gasteiger partial charge is 0.416 e. The van der Waals surface area contributed by atoms with Crippen molar-refractivity contribution in [3.63, 3.8) is 0 Å². The first-order valence-corrected chi connectivity index (χ1v) is 7.35. The van der Waals surface area contributed by atoms with Gasteiger partial charge in [0.05, 0.1) is 5.56 Å². The van der Waals surface area contributed by atoms with Gasteiger partial charge in [0.1, 0.15) is 6.61 Å². The van der Waals surface area contributed by atoms with Crippen LogP contribution in [0.15, 0.2) is 24.3 Å². The summed E-state index contributed by atoms with van der Waals surface area (Å²) in [6.45, 7) is 1.07. The summed E-state index contributed by atoms with van der Waals surface area (Å²) in [5, 5.41) is 0. The largest absolute Gasteiger partial charge is 0.461 e. The van der Waals surface area contributed by atoms with Crippen LogP contribution in [0.4, 0.5) is 13.2 Å². The van der Waals surface area contributed by atoms with E-state index >= 15 is 0 Å². The highest BCUT2D eigenvalue weighted by molar-refractivity contribution is 5.69. The SMILES string of the molecule is O=C(CCC1CCOCC1)OCc1ccccc1C(F)(F)F. The van der Waals surface area contributed by atoms with Gasteiger partial charge in [-0.25, -0.2) is 0 Å². The van der Waals surface area contributed by atoms with Crippen LogP contribution in [0.1, 0.15) is 36.8 Å². The van der Waals surface area contributed by atoms with E-state index in [2.05, 4.69) is 0 Å². The van der Waals surface area contributed by atoms with Gasteiger partial charge in [0.25, 0.3) is 0 Å². The molecule has 0 saturated carbocycles. The van der Waals surface area contributed by atoms with E-state index in [-0.39, 0.29) is 18.6 Å². The number of alkyl halides is 3. The van der Waals surface area contributed by atoms with E-state index in [0.29, 0.717) is 25.6 Å². The van der Waals surface area contributed by atoms with Crippen molar-refractivity contribution in [2.24, 2.45) is 5.92 Å². The highest BCUT2D eigenvalue weighted by atomic mass is 19.4. The van der Waals surface area contributed by atoms with Gasteiger partial charge in [-0.3, -0.25) is 4.79 Å². The molecule has 0 aromatic heterocycles. The van der Waals surface area contributed by atoms with Crippen LogP contribution in [0.5, 0.6) is 0 Å². The van der Waals surface area contributed by atoms with E-state index in [1.807, 2.05) is 0 Å². The number of hydrogen-bond donors (Lipinski definition) is 0. The Labute approximate surface area is 127 Å². The minimum absolute atomic E-state index is 0.0191. The molecule has 0 spiro atoms. The first kappa shape index (κ1) is 16.8. The number of esters is 1. The lowest BCUT2D eigenvalue weighted by Gasteiger charge is -2.21. The molecule has 1 heterocycles. The highest BCUT2D eigenvalue weighted by Gasteiger charge is 2.33. The zero-order valence-electron chi connectivity index (χ0n) is 12.2. The average Bonchev–Trinajstić information content (AvgIpc) is 2.51. The lowest BCUT2D eigenvalue weighted by atomic mass is 9.95. The fraction of sp³-hybridized carbons (Fsp3) is 0.562. The van der Waals surface area contributed by atoms with E-state index in [0.717, 1.165) is 18.9 Å². The van der Waals surface area contributed by atoms with Gasteiger partial charge >= 0.3 is 12.1 Å². The Morgan fingerprint density at radius 2 is 1.91 bits per heavy atom. The molecule has 0 unspecified atom stereocenters. The summed E-state index contributed by atoms with van der Waals surface area (Å²) in [4.78, 5) is 11.7. The molecule has 1 saturated heterocycles. The summed E-state index contributed by atoms with van der Waals surface area (Å²) in [5.41, 5.74) is -0.776. The summed E-state index contributed by atoms with van der Waals surface area (Å²) in [6.07, 6.45) is -1.67. The third-order valence-electron chi connectivity index (χ3n) is 3.81. The molecular formula is C16H19F3O3. The summed E-state index contributed by atoms with van der Waals surface area (Å²) in [5.74, 6) is -0.0211. The Bertz CT molecular complexity index is 494. The van der Waals surface area contributed by atoms with Crippen LogP contribution < -0.4 is 0 Å². The lowest BCUT2D eigenvalue weighted by molar-refractivity contribution is -0.148. The van der Waals surface area contributed by atoms with Crippen molar-refractivity contribution in [2.45, 2.75) is 38.5 Å². The average molecular weight is 316 g/mol. The number of benzene rings is 1. The van der Waals surface area contributed by atoms with Crippen LogP contribution in [0.25, 0.3) is 0 Å². The van der Waals surface area contributed by atoms with Crippen molar-refractivity contribution in [1.29, 1.82) is 0 Å². The van der Waals surface area contributed by atoms with Crippen molar-refractivity contribution in [1.82, 2.24) is 0 Å². The lowest BCUT2D eigenvalue weighted by Crippen LogP contribution is -2.17. The second kappa shape index (κ2) is 7.63. The van der Waals surface area contributed by atoms with Crippen LogP contribution in [-0.2, 0) is 27.1 Å². The van der Waals surface area contributed by atoms with Crippen LogP contribution in [0.2, 0.25) is 0 Å². The molecule has 1 aromatic rings. The van der Waals surface area contributed by atoms with Gasteiger partial charge in [0.2, 0.25) is 0 Å². The van der Waals surface area contributed by atoms with Crippen LogP contribution in [-0.4, -0.2) is 19.2 Å². The van der Waals surface area contributed by atoms with Gasteiger partial charge in [-0.2, -0.15) is 13.2 Å². The predicted octanol–water partition coefficient (Wildman–Crippen LogP) is 3.96. The van der Waals surface area contributed by atoms with Crippen molar-refractivity contribution in [3.8, 4) is 0 Å². The summed E-state index contributed by atoms with van der Waals surface area (Å²) in [7, 11) is 0. The third-order valence-corrected chi connectivity index (χ3v) is 3.81. The maximum atomic E-state index is 12.8. The molecule has 0 N–H and O–H groups in total. The number of rotatable bonds is 5. The third kappa shape index (κ3) is 5.02. The second-order valence-corrected chi connectivity index (χ2v) is 5.41. The summed E-state index contributed by atoms with van der Waals surface area (Å²) >= 11 is 0. The number of hydrogen-bond acceptors (Lipinski definition) is 3. The van der Waals surface area contributed by atoms with E-state index in [1.165, 1.54) is 18.2 Å². The van der Waals surface area contributed by atoms with Crippen LogP contribution in [0, 0.1) is 5.92 Å². The van der Waals surface area contributed by atoms with Gasteiger partial charge in [-0.05, 0) is 31.2 Å². The van der Waals surface area contributed by atoms with Gasteiger partial charge in [-0.1, -0.05) is 18.2 Å². The minimum Gasteiger partial charge on any atom is -0.461 e. The normalized spacial score (nSPS) is 16.5. The van der Waals surface area contributed by atoms with E-state index in [1.54, 1.807) is 0 Å². The maximum Gasteiger partial charge on any atom is 0.416 e. The van der Waals surface area contributed by atoms with Crippen LogP contribution in [0.3, 0.4) is 0 Å². The van der Waals surface area contributed by atoms with Crippen molar-refractivity contribution in [3.05, 3.63) is 35.4 Å². The molecule has 0 bridgehead atoms. The van der Waals surface area contributed by atoms with E-state index in [9.17, 15) is 18.0 Å². The minimum atomic E-state index is -4.44. The van der Waals surface area contributed by atoms with Crippen molar-refractivity contribution in [2.75, 3.05) is 13.2 Å².